The van der Waals surface area contributed by atoms with Crippen molar-refractivity contribution in [3.63, 3.8) is 0 Å². The van der Waals surface area contributed by atoms with Crippen LogP contribution in [-0.4, -0.2) is 34.9 Å². The Bertz CT molecular complexity index is 586. The number of phenolic OH excluding ortho intramolecular Hbond substituents is 1. The smallest absolute Gasteiger partial charge is 0.255 e. The van der Waals surface area contributed by atoms with Crippen LogP contribution in [0.1, 0.15) is 30.6 Å². The number of anilines is 1. The second-order valence-electron chi connectivity index (χ2n) is 5.14. The molecule has 1 rings (SSSR count). The lowest BCUT2D eigenvalue weighted by atomic mass is 10.1. The van der Waals surface area contributed by atoms with Crippen LogP contribution in [0, 0.1) is 0 Å². The molecule has 0 aliphatic carbocycles. The molecule has 0 radical (unpaired) electrons. The number of primary amides is 1. The Kier molecular flexibility index (Phi) is 5.73. The number of carbonyl (C=O) groups excluding carboxylic acids is 3. The number of nitrogen functional groups attached to an aromatic ring is 1. The van der Waals surface area contributed by atoms with E-state index in [9.17, 15) is 19.5 Å². The summed E-state index contributed by atoms with van der Waals surface area (Å²) in [5.74, 6) is -2.28. The molecule has 8 heteroatoms. The third-order valence-electron chi connectivity index (χ3n) is 2.72. The monoisotopic (exact) mass is 308 g/mol. The van der Waals surface area contributed by atoms with E-state index in [1.54, 1.807) is 13.8 Å². The first-order valence-electron chi connectivity index (χ1n) is 6.68. The summed E-state index contributed by atoms with van der Waals surface area (Å²) in [6.45, 7) is 3.48. The molecule has 1 aromatic rings. The first-order chi connectivity index (χ1) is 10.2. The van der Waals surface area contributed by atoms with Crippen molar-refractivity contribution in [2.24, 2.45) is 5.73 Å². The molecule has 1 atom stereocenters. The van der Waals surface area contributed by atoms with Gasteiger partial charge in [-0.2, -0.15) is 0 Å². The second kappa shape index (κ2) is 7.30. The van der Waals surface area contributed by atoms with Gasteiger partial charge < -0.3 is 27.2 Å². The topological polar surface area (TPSA) is 148 Å². The number of phenols is 1. The lowest BCUT2D eigenvalue weighted by molar-refractivity contribution is -0.127. The number of nitrogens with one attached hydrogen (secondary N) is 2. The van der Waals surface area contributed by atoms with Crippen LogP contribution in [0.4, 0.5) is 5.69 Å². The molecule has 0 aliphatic heterocycles. The minimum absolute atomic E-state index is 0.0909. The van der Waals surface area contributed by atoms with Crippen molar-refractivity contribution < 1.29 is 19.5 Å². The van der Waals surface area contributed by atoms with Gasteiger partial charge in [0.05, 0.1) is 12.0 Å². The van der Waals surface area contributed by atoms with E-state index in [1.807, 2.05) is 0 Å². The second-order valence-corrected chi connectivity index (χ2v) is 5.14. The van der Waals surface area contributed by atoms with E-state index >= 15 is 0 Å². The van der Waals surface area contributed by atoms with E-state index in [4.69, 9.17) is 11.5 Å². The van der Waals surface area contributed by atoms with Crippen LogP contribution in [0.3, 0.4) is 0 Å². The van der Waals surface area contributed by atoms with Gasteiger partial charge >= 0.3 is 0 Å². The summed E-state index contributed by atoms with van der Waals surface area (Å²) in [5.41, 5.74) is 10.8. The van der Waals surface area contributed by atoms with E-state index in [-0.39, 0.29) is 29.5 Å². The Balaban J connectivity index is 2.93. The van der Waals surface area contributed by atoms with Crippen LogP contribution >= 0.6 is 0 Å². The maximum absolute atomic E-state index is 12.1. The van der Waals surface area contributed by atoms with Gasteiger partial charge in [-0.05, 0) is 32.0 Å². The predicted molar refractivity (Wildman–Crippen MR) is 80.9 cm³/mol. The molecule has 8 nitrogen and oxygen atoms in total. The Morgan fingerprint density at radius 2 is 1.86 bits per heavy atom. The molecule has 1 aromatic carbocycles. The van der Waals surface area contributed by atoms with Gasteiger partial charge in [0.2, 0.25) is 11.8 Å². The zero-order valence-electron chi connectivity index (χ0n) is 12.4. The van der Waals surface area contributed by atoms with Crippen molar-refractivity contribution in [3.05, 3.63) is 23.8 Å². The Hall–Kier alpha value is -2.77. The Morgan fingerprint density at radius 1 is 1.23 bits per heavy atom. The number of hydrogen-bond donors (Lipinski definition) is 5. The minimum Gasteiger partial charge on any atom is -0.507 e. The lowest BCUT2D eigenvalue weighted by Gasteiger charge is -2.19. The molecule has 120 valence electrons. The Morgan fingerprint density at radius 3 is 2.41 bits per heavy atom. The standard InChI is InChI=1S/C14H20N4O4/c1-7(2)17-14(22)10(6-12(16)20)18-13(21)9-5-8(15)3-4-11(9)19/h3-5,7,10,19H,6,15H2,1-2H3,(H2,16,20)(H,17,22)(H,18,21). The van der Waals surface area contributed by atoms with Gasteiger partial charge in [0.1, 0.15) is 11.8 Å². The summed E-state index contributed by atoms with van der Waals surface area (Å²) in [4.78, 5) is 35.2. The molecule has 0 fully saturated rings. The molecule has 0 aliphatic rings. The van der Waals surface area contributed by atoms with E-state index < -0.39 is 23.8 Å². The van der Waals surface area contributed by atoms with Crippen LogP contribution in [-0.2, 0) is 9.59 Å². The molecule has 1 unspecified atom stereocenters. The normalized spacial score (nSPS) is 11.8. The fourth-order valence-electron chi connectivity index (χ4n) is 1.77. The predicted octanol–water partition coefficient (Wildman–Crippen LogP) is -0.527. The van der Waals surface area contributed by atoms with Gasteiger partial charge in [-0.3, -0.25) is 14.4 Å². The molecule has 0 aromatic heterocycles. The third-order valence-corrected chi connectivity index (χ3v) is 2.72. The lowest BCUT2D eigenvalue weighted by Crippen LogP contribution is -2.50. The first kappa shape index (κ1) is 17.3. The minimum atomic E-state index is -1.13. The molecule has 0 saturated heterocycles. The summed E-state index contributed by atoms with van der Waals surface area (Å²) in [7, 11) is 0. The van der Waals surface area contributed by atoms with Crippen molar-refractivity contribution in [2.45, 2.75) is 32.4 Å². The van der Waals surface area contributed by atoms with Crippen LogP contribution in [0.15, 0.2) is 18.2 Å². The number of hydrogen-bond acceptors (Lipinski definition) is 5. The number of benzene rings is 1. The zero-order valence-corrected chi connectivity index (χ0v) is 12.4. The van der Waals surface area contributed by atoms with Gasteiger partial charge in [-0.15, -0.1) is 0 Å². The van der Waals surface area contributed by atoms with Crippen LogP contribution < -0.4 is 22.1 Å². The van der Waals surface area contributed by atoms with Gasteiger partial charge in [0, 0.05) is 11.7 Å². The van der Waals surface area contributed by atoms with Crippen molar-refractivity contribution in [1.82, 2.24) is 10.6 Å². The molecule has 3 amide bonds. The molecule has 0 bridgehead atoms. The van der Waals surface area contributed by atoms with E-state index in [1.165, 1.54) is 18.2 Å². The molecule has 0 saturated carbocycles. The number of aromatic hydroxyl groups is 1. The first-order valence-corrected chi connectivity index (χ1v) is 6.68. The average Bonchev–Trinajstić information content (AvgIpc) is 2.39. The van der Waals surface area contributed by atoms with Gasteiger partial charge in [-0.1, -0.05) is 0 Å². The molecule has 22 heavy (non-hydrogen) atoms. The quantitative estimate of drug-likeness (QED) is 0.354. The number of rotatable bonds is 6. The summed E-state index contributed by atoms with van der Waals surface area (Å²) >= 11 is 0. The highest BCUT2D eigenvalue weighted by atomic mass is 16.3. The van der Waals surface area contributed by atoms with E-state index in [2.05, 4.69) is 10.6 Å². The summed E-state index contributed by atoms with van der Waals surface area (Å²) < 4.78 is 0. The van der Waals surface area contributed by atoms with E-state index in [0.717, 1.165) is 0 Å². The highest BCUT2D eigenvalue weighted by Crippen LogP contribution is 2.19. The average molecular weight is 308 g/mol. The number of nitrogens with two attached hydrogens (primary N) is 2. The molecule has 0 heterocycles. The van der Waals surface area contributed by atoms with E-state index in [0.29, 0.717) is 0 Å². The van der Waals surface area contributed by atoms with Crippen molar-refractivity contribution >= 4 is 23.4 Å². The summed E-state index contributed by atoms with van der Waals surface area (Å²) in [6, 6.07) is 2.67. The van der Waals surface area contributed by atoms with Crippen molar-refractivity contribution in [3.8, 4) is 5.75 Å². The molecular weight excluding hydrogens is 288 g/mol. The highest BCUT2D eigenvalue weighted by Gasteiger charge is 2.25. The van der Waals surface area contributed by atoms with Crippen LogP contribution in [0.5, 0.6) is 5.75 Å². The van der Waals surface area contributed by atoms with Gasteiger partial charge in [0.25, 0.3) is 5.91 Å². The summed E-state index contributed by atoms with van der Waals surface area (Å²) in [5, 5.41) is 14.6. The van der Waals surface area contributed by atoms with Crippen molar-refractivity contribution in [1.29, 1.82) is 0 Å². The molecule has 7 N–H and O–H groups in total. The third kappa shape index (κ3) is 4.97. The van der Waals surface area contributed by atoms with Gasteiger partial charge in [-0.25, -0.2) is 0 Å². The van der Waals surface area contributed by atoms with Crippen LogP contribution in [0.2, 0.25) is 0 Å². The highest BCUT2D eigenvalue weighted by molar-refractivity contribution is 6.01. The largest absolute Gasteiger partial charge is 0.507 e. The SMILES string of the molecule is CC(C)NC(=O)C(CC(N)=O)NC(=O)c1cc(N)ccc1O. The van der Waals surface area contributed by atoms with Gasteiger partial charge in [0.15, 0.2) is 0 Å². The van der Waals surface area contributed by atoms with Crippen molar-refractivity contribution in [2.75, 3.05) is 5.73 Å². The number of amides is 3. The summed E-state index contributed by atoms with van der Waals surface area (Å²) in [6.07, 6.45) is -0.354. The molecule has 0 spiro atoms. The maximum atomic E-state index is 12.1. The fourth-order valence-corrected chi connectivity index (χ4v) is 1.77. The number of carbonyl (C=O) groups is 3. The Labute approximate surface area is 127 Å². The molecular formula is C14H20N4O4. The fraction of sp³-hybridized carbons (Fsp3) is 0.357. The van der Waals surface area contributed by atoms with Crippen LogP contribution in [0.25, 0.3) is 0 Å². The zero-order chi connectivity index (χ0) is 16.9. The maximum Gasteiger partial charge on any atom is 0.255 e.